The molecular formula is C43H55N3O8. The molecule has 3 saturated heterocycles. The van der Waals surface area contributed by atoms with E-state index in [2.05, 4.69) is 18.5 Å². The number of ether oxygens (including phenoxy) is 3. The second-order valence-corrected chi connectivity index (χ2v) is 15.1. The van der Waals surface area contributed by atoms with Crippen LogP contribution in [0.5, 0.6) is 0 Å². The number of rotatable bonds is 18. The third-order valence-electron chi connectivity index (χ3n) is 11.8. The van der Waals surface area contributed by atoms with Crippen LogP contribution in [-0.2, 0) is 39.8 Å². The highest BCUT2D eigenvalue weighted by atomic mass is 16.6. The number of aliphatic hydroxyl groups is 1. The number of hydrogen-bond donors (Lipinski definition) is 2. The molecule has 3 heterocycles. The third kappa shape index (κ3) is 7.90. The number of benzene rings is 2. The van der Waals surface area contributed by atoms with Gasteiger partial charge in [-0.15, -0.1) is 13.2 Å². The van der Waals surface area contributed by atoms with E-state index in [1.807, 2.05) is 65.6 Å². The van der Waals surface area contributed by atoms with E-state index in [0.29, 0.717) is 37.8 Å². The molecule has 1 spiro atoms. The van der Waals surface area contributed by atoms with Crippen LogP contribution < -0.4 is 5.32 Å². The standard InChI is InChI=1S/C43H55N3O8/c1-4-6-22-35(48)44-33(28-52-3)38(30-18-12-8-13-19-30)53-42(51)36-34-23-24-43(54-34)37(36)40(49)46(32(27-47)26-29-16-10-7-11-17-29)39(43)41(50)45(25-5-2)31-20-14-9-15-21-31/h4-5,7-8,10-13,16-19,31-34,36-39,47H,1-2,6,9,14-15,20-28H2,3H3,(H,44,48)/t32-,33-,34+,36-,37-,38-,39+,43-/m1/s1. The highest BCUT2D eigenvalue weighted by molar-refractivity contribution is 5.98. The van der Waals surface area contributed by atoms with Crippen LogP contribution in [0.15, 0.2) is 86.0 Å². The molecule has 8 atom stereocenters. The summed E-state index contributed by atoms with van der Waals surface area (Å²) in [6.45, 7) is 7.67. The lowest BCUT2D eigenvalue weighted by Gasteiger charge is -2.42. The minimum absolute atomic E-state index is 0.0104. The van der Waals surface area contributed by atoms with Gasteiger partial charge in [-0.25, -0.2) is 0 Å². The Balaban J connectivity index is 1.36. The van der Waals surface area contributed by atoms with Crippen molar-refractivity contribution in [3.05, 3.63) is 97.1 Å². The van der Waals surface area contributed by atoms with Gasteiger partial charge in [0.15, 0.2) is 0 Å². The molecule has 2 aromatic carbocycles. The number of nitrogens with one attached hydrogen (secondary N) is 1. The summed E-state index contributed by atoms with van der Waals surface area (Å²) in [6, 6.07) is 16.2. The number of fused-ring (bicyclic) bond motifs is 1. The lowest BCUT2D eigenvalue weighted by atomic mass is 9.70. The van der Waals surface area contributed by atoms with Crippen molar-refractivity contribution in [2.24, 2.45) is 11.8 Å². The maximum absolute atomic E-state index is 15.1. The van der Waals surface area contributed by atoms with Crippen LogP contribution in [-0.4, -0.2) is 101 Å². The van der Waals surface area contributed by atoms with Gasteiger partial charge in [-0.05, 0) is 49.7 Å². The van der Waals surface area contributed by atoms with E-state index in [1.54, 1.807) is 17.1 Å². The maximum Gasteiger partial charge on any atom is 0.313 e. The summed E-state index contributed by atoms with van der Waals surface area (Å²) in [6.07, 6.45) is 8.52. The van der Waals surface area contributed by atoms with E-state index < -0.39 is 59.6 Å². The zero-order chi connectivity index (χ0) is 38.2. The molecule has 4 aliphatic rings. The molecular weight excluding hydrogens is 686 g/mol. The molecule has 11 nitrogen and oxygen atoms in total. The van der Waals surface area contributed by atoms with E-state index in [1.165, 1.54) is 7.11 Å². The zero-order valence-corrected chi connectivity index (χ0v) is 31.4. The fraction of sp³-hybridized carbons (Fsp3) is 0.535. The predicted octanol–water partition coefficient (Wildman–Crippen LogP) is 4.69. The first-order valence-corrected chi connectivity index (χ1v) is 19.5. The number of carbonyl (C=O) groups is 4. The van der Waals surface area contributed by atoms with Gasteiger partial charge in [0.1, 0.15) is 17.7 Å². The number of amides is 3. The molecule has 2 N–H and O–H groups in total. The number of carbonyl (C=O) groups excluding carboxylic acids is 4. The van der Waals surface area contributed by atoms with Gasteiger partial charge in [-0.2, -0.15) is 0 Å². The van der Waals surface area contributed by atoms with Gasteiger partial charge in [-0.3, -0.25) is 19.2 Å². The van der Waals surface area contributed by atoms with Gasteiger partial charge in [0.2, 0.25) is 17.7 Å². The van der Waals surface area contributed by atoms with Gasteiger partial charge in [-0.1, -0.05) is 92.1 Å². The van der Waals surface area contributed by atoms with Gasteiger partial charge in [0.05, 0.1) is 43.2 Å². The number of methoxy groups -OCH3 is 1. The van der Waals surface area contributed by atoms with Crippen LogP contribution in [0, 0.1) is 11.8 Å². The van der Waals surface area contributed by atoms with E-state index in [9.17, 15) is 14.7 Å². The highest BCUT2D eigenvalue weighted by Crippen LogP contribution is 2.59. The third-order valence-corrected chi connectivity index (χ3v) is 11.8. The molecule has 1 saturated carbocycles. The summed E-state index contributed by atoms with van der Waals surface area (Å²) in [4.78, 5) is 61.2. The molecule has 6 rings (SSSR count). The number of hydrogen-bond acceptors (Lipinski definition) is 8. The Hall–Kier alpha value is -4.32. The molecule has 1 aliphatic carbocycles. The molecule has 0 radical (unpaired) electrons. The van der Waals surface area contributed by atoms with Crippen molar-refractivity contribution in [2.75, 3.05) is 26.9 Å². The fourth-order valence-corrected chi connectivity index (χ4v) is 9.40. The number of allylic oxidation sites excluding steroid dienone is 1. The van der Waals surface area contributed by atoms with E-state index >= 15 is 9.59 Å². The van der Waals surface area contributed by atoms with E-state index in [-0.39, 0.29) is 37.5 Å². The van der Waals surface area contributed by atoms with Gasteiger partial charge < -0.3 is 34.4 Å². The normalized spacial score (nSPS) is 26.4. The smallest absolute Gasteiger partial charge is 0.313 e. The predicted molar refractivity (Wildman–Crippen MR) is 203 cm³/mol. The van der Waals surface area contributed by atoms with Crippen molar-refractivity contribution >= 4 is 23.7 Å². The SMILES string of the molecule is C=CCCC(=O)N[C@H](COC)[C@H](OC(=O)[C@@H]1[C@@H]2CC[C@]3(O2)[C@H](C(=O)N(CC=C)C2CCCCC2)N([C@@H](CO)Cc2ccccc2)C(=O)[C@@H]13)c1ccccc1. The Labute approximate surface area is 318 Å². The van der Waals surface area contributed by atoms with Crippen LogP contribution >= 0.6 is 0 Å². The fourth-order valence-electron chi connectivity index (χ4n) is 9.40. The van der Waals surface area contributed by atoms with E-state index in [0.717, 1.165) is 37.7 Å². The van der Waals surface area contributed by atoms with E-state index in [4.69, 9.17) is 14.2 Å². The minimum atomic E-state index is -1.28. The lowest BCUT2D eigenvalue weighted by molar-refractivity contribution is -0.163. The summed E-state index contributed by atoms with van der Waals surface area (Å²) >= 11 is 0. The molecule has 3 amide bonds. The van der Waals surface area contributed by atoms with Crippen LogP contribution in [0.2, 0.25) is 0 Å². The van der Waals surface area contributed by atoms with Crippen molar-refractivity contribution in [3.63, 3.8) is 0 Å². The Morgan fingerprint density at radius 2 is 1.74 bits per heavy atom. The van der Waals surface area contributed by atoms with Crippen molar-refractivity contribution in [1.29, 1.82) is 0 Å². The number of nitrogens with zero attached hydrogens (tertiary/aromatic N) is 2. The topological polar surface area (TPSA) is 135 Å². The molecule has 0 unspecified atom stereocenters. The monoisotopic (exact) mass is 741 g/mol. The quantitative estimate of drug-likeness (QED) is 0.166. The number of esters is 1. The lowest BCUT2D eigenvalue weighted by Crippen LogP contribution is -2.60. The summed E-state index contributed by atoms with van der Waals surface area (Å²) in [5.41, 5.74) is 0.277. The highest BCUT2D eigenvalue weighted by Gasteiger charge is 2.76. The Morgan fingerprint density at radius 1 is 1.04 bits per heavy atom. The molecule has 290 valence electrons. The van der Waals surface area contributed by atoms with Crippen LogP contribution in [0.3, 0.4) is 0 Å². The largest absolute Gasteiger partial charge is 0.455 e. The summed E-state index contributed by atoms with van der Waals surface area (Å²) in [7, 11) is 1.51. The van der Waals surface area contributed by atoms with Crippen molar-refractivity contribution in [3.8, 4) is 0 Å². The average molecular weight is 742 g/mol. The molecule has 2 aromatic rings. The second-order valence-electron chi connectivity index (χ2n) is 15.1. The maximum atomic E-state index is 15.1. The Morgan fingerprint density at radius 3 is 2.39 bits per heavy atom. The molecule has 11 heteroatoms. The van der Waals surface area contributed by atoms with Crippen LogP contribution in [0.4, 0.5) is 0 Å². The molecule has 3 aliphatic heterocycles. The molecule has 54 heavy (non-hydrogen) atoms. The molecule has 0 aromatic heterocycles. The molecule has 2 bridgehead atoms. The summed E-state index contributed by atoms with van der Waals surface area (Å²) < 4.78 is 18.7. The first-order chi connectivity index (χ1) is 26.3. The summed E-state index contributed by atoms with van der Waals surface area (Å²) in [5, 5.41) is 13.9. The van der Waals surface area contributed by atoms with Gasteiger partial charge in [0, 0.05) is 26.1 Å². The van der Waals surface area contributed by atoms with Gasteiger partial charge >= 0.3 is 5.97 Å². The first kappa shape index (κ1) is 39.4. The minimum Gasteiger partial charge on any atom is -0.455 e. The molecule has 4 fully saturated rings. The number of aliphatic hydroxyl groups excluding tert-OH is 1. The first-order valence-electron chi connectivity index (χ1n) is 19.5. The van der Waals surface area contributed by atoms with Crippen molar-refractivity contribution in [2.45, 2.75) is 106 Å². The Kier molecular flexibility index (Phi) is 13.0. The van der Waals surface area contributed by atoms with Gasteiger partial charge in [0.25, 0.3) is 0 Å². The average Bonchev–Trinajstić information content (AvgIpc) is 3.85. The zero-order valence-electron chi connectivity index (χ0n) is 31.4. The second kappa shape index (κ2) is 17.9. The number of likely N-dealkylation sites (tertiary alicyclic amines) is 1. The van der Waals surface area contributed by atoms with Crippen molar-refractivity contribution in [1.82, 2.24) is 15.1 Å². The van der Waals surface area contributed by atoms with Crippen LogP contribution in [0.25, 0.3) is 0 Å². The Bertz CT molecular complexity index is 1630. The van der Waals surface area contributed by atoms with Crippen LogP contribution in [0.1, 0.15) is 75.0 Å². The summed E-state index contributed by atoms with van der Waals surface area (Å²) in [5.74, 6) is -3.51. The van der Waals surface area contributed by atoms with Crippen molar-refractivity contribution < 1.29 is 38.5 Å².